The van der Waals surface area contributed by atoms with Gasteiger partial charge in [-0.05, 0) is 49.2 Å². The first kappa shape index (κ1) is 23.3. The number of likely N-dealkylation sites (N-methyl/N-ethyl adjacent to an activating group) is 1. The molecule has 2 unspecified atom stereocenters. The van der Waals surface area contributed by atoms with Crippen molar-refractivity contribution in [1.82, 2.24) is 5.48 Å². The molecule has 3 N–H and O–H groups in total. The van der Waals surface area contributed by atoms with Crippen LogP contribution < -0.4 is 5.48 Å². The second-order valence-electron chi connectivity index (χ2n) is 7.61. The van der Waals surface area contributed by atoms with Gasteiger partial charge in [-0.3, -0.25) is 4.79 Å². The van der Waals surface area contributed by atoms with Gasteiger partial charge in [-0.25, -0.2) is 9.28 Å². The Morgan fingerprint density at radius 2 is 1.80 bits per heavy atom. The Balaban J connectivity index is 2.36. The normalized spacial score (nSPS) is 13.0. The standard InChI is InChI=1S/C24H28N2O4/c1-6-21(30-5)22(23(27)25-29)26(3,4)24(28)20-15-14-19(17(2)16-20)13-12-18-10-8-7-9-11-18/h7-11,14-16,21-22H,6H2,1-5H3,(H-,25,27,29)/p+2. The molecule has 0 aliphatic heterocycles. The zero-order chi connectivity index (χ0) is 22.3. The number of hydrogen-bond donors (Lipinski definition) is 1. The number of nitrogens with one attached hydrogen (secondary N) is 1. The lowest BCUT2D eigenvalue weighted by molar-refractivity contribution is -0.829. The second kappa shape index (κ2) is 10.2. The molecule has 6 nitrogen and oxygen atoms in total. The molecule has 158 valence electrons. The van der Waals surface area contributed by atoms with Gasteiger partial charge in [0.1, 0.15) is 6.10 Å². The van der Waals surface area contributed by atoms with Crippen molar-refractivity contribution in [3.05, 3.63) is 70.8 Å². The summed E-state index contributed by atoms with van der Waals surface area (Å²) in [6, 6.07) is 14.2. The van der Waals surface area contributed by atoms with Gasteiger partial charge < -0.3 is 9.94 Å². The molecule has 0 radical (unpaired) electrons. The van der Waals surface area contributed by atoms with E-state index in [9.17, 15) is 9.59 Å². The Bertz CT molecular complexity index is 954. The van der Waals surface area contributed by atoms with Gasteiger partial charge in [0, 0.05) is 18.2 Å². The predicted octanol–water partition coefficient (Wildman–Crippen LogP) is 2.16. The summed E-state index contributed by atoms with van der Waals surface area (Å²) in [6.45, 7) is 3.79. The van der Waals surface area contributed by atoms with Crippen LogP contribution in [0.3, 0.4) is 0 Å². The summed E-state index contributed by atoms with van der Waals surface area (Å²) in [5.74, 6) is 5.48. The molecule has 2 atom stereocenters. The van der Waals surface area contributed by atoms with Crippen LogP contribution in [0.1, 0.15) is 40.4 Å². The molecule has 6 heteroatoms. The van der Waals surface area contributed by atoms with E-state index in [2.05, 4.69) is 11.8 Å². The number of nitrogens with zero attached hydrogens (tertiary/aromatic N) is 1. The summed E-state index contributed by atoms with van der Waals surface area (Å²) >= 11 is 0. The number of aryl methyl sites for hydroxylation is 1. The molecule has 0 saturated heterocycles. The van der Waals surface area contributed by atoms with Crippen molar-refractivity contribution in [2.75, 3.05) is 21.2 Å². The van der Waals surface area contributed by atoms with E-state index in [-0.39, 0.29) is 10.4 Å². The summed E-state index contributed by atoms with van der Waals surface area (Å²) in [4.78, 5) is 25.8. The SMILES string of the molecule is CCC(OC)C(C(=O)N[OH2+])[N+](C)(C)C(=O)c1ccc(C#Cc2ccccc2)c(C)c1. The Morgan fingerprint density at radius 1 is 1.13 bits per heavy atom. The number of hydroxylamine groups is 1. The van der Waals surface area contributed by atoms with Crippen LogP contribution in [0.25, 0.3) is 0 Å². The van der Waals surface area contributed by atoms with Gasteiger partial charge in [0.2, 0.25) is 6.04 Å². The van der Waals surface area contributed by atoms with Crippen molar-refractivity contribution >= 4 is 11.8 Å². The fraction of sp³-hybridized carbons (Fsp3) is 0.333. The van der Waals surface area contributed by atoms with E-state index in [1.54, 1.807) is 26.2 Å². The number of rotatable bonds is 6. The van der Waals surface area contributed by atoms with Crippen LogP contribution in [0.2, 0.25) is 0 Å². The number of quaternary nitrogens is 1. The van der Waals surface area contributed by atoms with Crippen LogP contribution in [0.5, 0.6) is 0 Å². The summed E-state index contributed by atoms with van der Waals surface area (Å²) in [7, 11) is 4.85. The van der Waals surface area contributed by atoms with E-state index in [4.69, 9.17) is 9.94 Å². The molecular weight excluding hydrogens is 380 g/mol. The highest BCUT2D eigenvalue weighted by atomic mass is 16.5. The van der Waals surface area contributed by atoms with E-state index < -0.39 is 18.1 Å². The zero-order valence-electron chi connectivity index (χ0n) is 18.2. The number of carbonyl (C=O) groups excluding carboxylic acids is 2. The maximum Gasteiger partial charge on any atom is 0.346 e. The lowest BCUT2D eigenvalue weighted by Gasteiger charge is -2.36. The summed E-state index contributed by atoms with van der Waals surface area (Å²) in [5, 5.41) is 7.30. The van der Waals surface area contributed by atoms with Gasteiger partial charge in [-0.2, -0.15) is 0 Å². The molecule has 2 rings (SSSR count). The third-order valence-electron chi connectivity index (χ3n) is 5.26. The van der Waals surface area contributed by atoms with Gasteiger partial charge in [0.05, 0.1) is 19.7 Å². The van der Waals surface area contributed by atoms with E-state index >= 15 is 0 Å². The van der Waals surface area contributed by atoms with Gasteiger partial charge in [0.25, 0.3) is 0 Å². The van der Waals surface area contributed by atoms with Crippen molar-refractivity contribution in [2.45, 2.75) is 32.4 Å². The van der Waals surface area contributed by atoms with E-state index in [1.165, 1.54) is 7.11 Å². The molecule has 0 aliphatic carbocycles. The predicted molar refractivity (Wildman–Crippen MR) is 117 cm³/mol. The molecule has 0 heterocycles. The minimum Gasteiger partial charge on any atom is -0.375 e. The zero-order valence-corrected chi connectivity index (χ0v) is 18.2. The molecule has 30 heavy (non-hydrogen) atoms. The Hall–Kier alpha value is -2.98. The largest absolute Gasteiger partial charge is 0.375 e. The number of amides is 2. The number of methoxy groups -OCH3 is 1. The lowest BCUT2D eigenvalue weighted by atomic mass is 10.00. The third kappa shape index (κ3) is 5.14. The summed E-state index contributed by atoms with van der Waals surface area (Å²) in [5.41, 5.74) is 5.04. The topological polar surface area (TPSA) is 78.3 Å². The van der Waals surface area contributed by atoms with Crippen LogP contribution in [0.15, 0.2) is 48.5 Å². The molecule has 2 aromatic carbocycles. The molecule has 0 spiro atoms. The molecule has 0 saturated carbocycles. The highest BCUT2D eigenvalue weighted by Gasteiger charge is 2.47. The Kier molecular flexibility index (Phi) is 7.90. The highest BCUT2D eigenvalue weighted by Crippen LogP contribution is 2.22. The van der Waals surface area contributed by atoms with Crippen molar-refractivity contribution in [3.63, 3.8) is 0 Å². The molecule has 0 fully saturated rings. The molecule has 2 amide bonds. The van der Waals surface area contributed by atoms with Crippen molar-refractivity contribution in [2.24, 2.45) is 0 Å². The molecule has 0 aliphatic rings. The highest BCUT2D eigenvalue weighted by molar-refractivity contribution is 5.92. The van der Waals surface area contributed by atoms with Crippen molar-refractivity contribution in [3.8, 4) is 11.8 Å². The molecule has 2 aromatic rings. The van der Waals surface area contributed by atoms with Gasteiger partial charge in [0.15, 0.2) is 0 Å². The molecule has 0 aromatic heterocycles. The number of hydrogen-bond acceptors (Lipinski definition) is 3. The fourth-order valence-corrected chi connectivity index (χ4v) is 3.53. The number of carbonyl (C=O) groups is 2. The first-order chi connectivity index (χ1) is 14.3. The molecular formula is C24H30N2O4+2. The summed E-state index contributed by atoms with van der Waals surface area (Å²) in [6.07, 6.45) is 0.0442. The number of benzene rings is 2. The van der Waals surface area contributed by atoms with Crippen LogP contribution in [-0.4, -0.2) is 54.9 Å². The minimum atomic E-state index is -0.845. The smallest absolute Gasteiger partial charge is 0.346 e. The van der Waals surface area contributed by atoms with Gasteiger partial charge >= 0.3 is 11.8 Å². The maximum absolute atomic E-state index is 13.3. The van der Waals surface area contributed by atoms with E-state index in [0.29, 0.717) is 12.0 Å². The van der Waals surface area contributed by atoms with Crippen LogP contribution >= 0.6 is 0 Å². The quantitative estimate of drug-likeness (QED) is 0.343. The molecule has 0 bridgehead atoms. The Labute approximate surface area is 178 Å². The van der Waals surface area contributed by atoms with Crippen molar-refractivity contribution in [1.29, 1.82) is 0 Å². The van der Waals surface area contributed by atoms with Crippen LogP contribution in [-0.2, 0) is 9.53 Å². The first-order valence-corrected chi connectivity index (χ1v) is 9.81. The van der Waals surface area contributed by atoms with Crippen LogP contribution in [0.4, 0.5) is 0 Å². The number of ether oxygens (including phenoxy) is 1. The minimum absolute atomic E-state index is 0.232. The average Bonchev–Trinajstić information content (AvgIpc) is 2.75. The first-order valence-electron chi connectivity index (χ1n) is 9.81. The van der Waals surface area contributed by atoms with E-state index in [0.717, 1.165) is 16.7 Å². The monoisotopic (exact) mass is 410 g/mol. The van der Waals surface area contributed by atoms with Crippen LogP contribution in [0, 0.1) is 18.8 Å². The van der Waals surface area contributed by atoms with E-state index in [1.807, 2.05) is 55.7 Å². The third-order valence-corrected chi connectivity index (χ3v) is 5.26. The lowest BCUT2D eigenvalue weighted by Crippen LogP contribution is -2.63. The van der Waals surface area contributed by atoms with Gasteiger partial charge in [-0.1, -0.05) is 37.0 Å². The summed E-state index contributed by atoms with van der Waals surface area (Å²) < 4.78 is 5.19. The Morgan fingerprint density at radius 3 is 2.33 bits per heavy atom. The van der Waals surface area contributed by atoms with Gasteiger partial charge in [-0.15, -0.1) is 5.48 Å². The maximum atomic E-state index is 13.3. The second-order valence-corrected chi connectivity index (χ2v) is 7.61. The average molecular weight is 411 g/mol. The van der Waals surface area contributed by atoms with Crippen molar-refractivity contribution < 1.29 is 24.0 Å². The fourth-order valence-electron chi connectivity index (χ4n) is 3.53.